The first-order chi connectivity index (χ1) is 19.3. The fourth-order valence-corrected chi connectivity index (χ4v) is 6.02. The Hall–Kier alpha value is -3.10. The van der Waals surface area contributed by atoms with Crippen LogP contribution in [0.1, 0.15) is 34.8 Å². The molecule has 1 amide bonds. The fourth-order valence-electron chi connectivity index (χ4n) is 5.31. The van der Waals surface area contributed by atoms with Crippen molar-refractivity contribution in [3.8, 4) is 0 Å². The van der Waals surface area contributed by atoms with E-state index in [9.17, 15) is 13.6 Å². The molecule has 8 nitrogen and oxygen atoms in total. The summed E-state index contributed by atoms with van der Waals surface area (Å²) in [6, 6.07) is 7.43. The highest BCUT2D eigenvalue weighted by Gasteiger charge is 2.30. The molecule has 0 radical (unpaired) electrons. The third-order valence-corrected chi connectivity index (χ3v) is 8.58. The van der Waals surface area contributed by atoms with Crippen LogP contribution < -0.4 is 15.1 Å². The van der Waals surface area contributed by atoms with Gasteiger partial charge in [-0.2, -0.15) is 5.10 Å². The molecule has 6 rings (SSSR count). The molecule has 1 atom stereocenters. The van der Waals surface area contributed by atoms with Crippen LogP contribution in [0.2, 0.25) is 5.02 Å². The van der Waals surface area contributed by atoms with Gasteiger partial charge >= 0.3 is 0 Å². The van der Waals surface area contributed by atoms with Crippen molar-refractivity contribution in [1.29, 1.82) is 0 Å². The molecule has 1 unspecified atom stereocenters. The highest BCUT2D eigenvalue weighted by molar-refractivity contribution is 14.1. The van der Waals surface area contributed by atoms with Crippen LogP contribution in [0.15, 0.2) is 48.8 Å². The number of nitrogens with one attached hydrogen (secondary N) is 1. The third kappa shape index (κ3) is 5.19. The molecule has 2 aliphatic rings. The van der Waals surface area contributed by atoms with Gasteiger partial charge in [0.15, 0.2) is 5.65 Å². The summed E-state index contributed by atoms with van der Waals surface area (Å²) in [7, 11) is 0. The van der Waals surface area contributed by atoms with Crippen molar-refractivity contribution >= 4 is 63.2 Å². The summed E-state index contributed by atoms with van der Waals surface area (Å²) in [5, 5.41) is 7.23. The number of carbonyl (C=O) groups is 1. The van der Waals surface area contributed by atoms with Crippen LogP contribution in [0.3, 0.4) is 0 Å². The van der Waals surface area contributed by atoms with Crippen molar-refractivity contribution in [3.05, 3.63) is 82.4 Å². The summed E-state index contributed by atoms with van der Waals surface area (Å²) in [4.78, 5) is 21.7. The number of carbonyl (C=O) groups excluding carboxylic acids is 1. The van der Waals surface area contributed by atoms with Crippen LogP contribution >= 0.6 is 34.5 Å². The van der Waals surface area contributed by atoms with Crippen molar-refractivity contribution in [2.24, 2.45) is 0 Å². The van der Waals surface area contributed by atoms with Gasteiger partial charge in [0.25, 0.3) is 5.91 Å². The predicted molar refractivity (Wildman–Crippen MR) is 156 cm³/mol. The lowest BCUT2D eigenvalue weighted by atomic mass is 10.0. The van der Waals surface area contributed by atoms with Gasteiger partial charge in [-0.3, -0.25) is 4.79 Å². The first-order valence-corrected chi connectivity index (χ1v) is 14.1. The van der Waals surface area contributed by atoms with E-state index in [0.29, 0.717) is 48.2 Å². The number of rotatable bonds is 5. The molecule has 13 heteroatoms. The largest absolute Gasteiger partial charge is 0.368 e. The number of hydrogen-bond donors (Lipinski definition) is 1. The number of fused-ring (bicyclic) bond motifs is 1. The van der Waals surface area contributed by atoms with E-state index >= 15 is 4.39 Å². The van der Waals surface area contributed by atoms with Gasteiger partial charge in [-0.05, 0) is 49.2 Å². The van der Waals surface area contributed by atoms with Crippen LogP contribution in [0.5, 0.6) is 0 Å². The predicted octanol–water partition coefficient (Wildman–Crippen LogP) is 5.87. The van der Waals surface area contributed by atoms with E-state index in [2.05, 4.69) is 41.4 Å². The quantitative estimate of drug-likeness (QED) is 0.210. The van der Waals surface area contributed by atoms with E-state index in [1.807, 2.05) is 9.80 Å². The molecule has 2 aromatic carbocycles. The van der Waals surface area contributed by atoms with Crippen molar-refractivity contribution < 1.29 is 18.0 Å². The van der Waals surface area contributed by atoms with E-state index in [0.717, 1.165) is 31.6 Å². The molecule has 0 spiro atoms. The zero-order valence-electron chi connectivity index (χ0n) is 21.1. The Morgan fingerprint density at radius 3 is 2.62 bits per heavy atom. The van der Waals surface area contributed by atoms with E-state index in [-0.39, 0.29) is 22.9 Å². The molecule has 4 heterocycles. The lowest BCUT2D eigenvalue weighted by Gasteiger charge is -2.33. The van der Waals surface area contributed by atoms with Crippen LogP contribution in [0.4, 0.5) is 30.4 Å². The smallest absolute Gasteiger partial charge is 0.258 e. The molecule has 208 valence electrons. The molecule has 4 aromatic rings. The molecular formula is C27H24ClF3IN7O. The molecule has 0 aliphatic carbocycles. The van der Waals surface area contributed by atoms with Crippen LogP contribution in [-0.2, 0) is 0 Å². The first kappa shape index (κ1) is 27.1. The summed E-state index contributed by atoms with van der Waals surface area (Å²) < 4.78 is 47.2. The number of hydrogen-bond acceptors (Lipinski definition) is 6. The lowest BCUT2D eigenvalue weighted by Crippen LogP contribution is -2.42. The molecule has 2 aliphatic heterocycles. The van der Waals surface area contributed by atoms with Gasteiger partial charge in [0.05, 0.1) is 28.5 Å². The molecular weight excluding hydrogens is 658 g/mol. The summed E-state index contributed by atoms with van der Waals surface area (Å²) >= 11 is 8.74. The van der Waals surface area contributed by atoms with Gasteiger partial charge in [0, 0.05) is 67.3 Å². The van der Waals surface area contributed by atoms with Gasteiger partial charge in [-0.15, -0.1) is 0 Å². The van der Waals surface area contributed by atoms with Crippen LogP contribution in [-0.4, -0.2) is 56.3 Å². The van der Waals surface area contributed by atoms with E-state index in [1.165, 1.54) is 28.9 Å². The fraction of sp³-hybridized carbons (Fsp3) is 0.296. The van der Waals surface area contributed by atoms with Gasteiger partial charge in [0.1, 0.15) is 29.0 Å². The second-order valence-electron chi connectivity index (χ2n) is 9.76. The molecule has 40 heavy (non-hydrogen) atoms. The maximum absolute atomic E-state index is 15.1. The Bertz CT molecular complexity index is 1590. The number of aromatic nitrogens is 3. The Morgan fingerprint density at radius 2 is 1.82 bits per heavy atom. The average Bonchev–Trinajstić information content (AvgIpc) is 3.59. The highest BCUT2D eigenvalue weighted by atomic mass is 127. The Morgan fingerprint density at radius 1 is 1.02 bits per heavy atom. The van der Waals surface area contributed by atoms with Gasteiger partial charge < -0.3 is 15.1 Å². The van der Waals surface area contributed by atoms with E-state index in [1.54, 1.807) is 12.3 Å². The Labute approximate surface area is 247 Å². The maximum atomic E-state index is 15.1. The zero-order chi connectivity index (χ0) is 28.0. The second kappa shape index (κ2) is 11.1. The molecule has 2 aromatic heterocycles. The monoisotopic (exact) mass is 681 g/mol. The van der Waals surface area contributed by atoms with Crippen molar-refractivity contribution in [3.63, 3.8) is 0 Å². The normalized spacial score (nSPS) is 18.1. The molecule has 2 fully saturated rings. The van der Waals surface area contributed by atoms with Crippen molar-refractivity contribution in [1.82, 2.24) is 17.7 Å². The number of piperazine rings is 1. The van der Waals surface area contributed by atoms with Crippen LogP contribution in [0, 0.1) is 17.5 Å². The SMILES string of the molecule is O=C(Nc1cnn2ccc(N3CCCC3c3cc(F)ccc3F)nc12)c1cc(Cl)c(N2CCN(I)CC2)cc1F. The molecule has 2 saturated heterocycles. The summed E-state index contributed by atoms with van der Waals surface area (Å²) in [5.41, 5.74) is 1.23. The lowest BCUT2D eigenvalue weighted by molar-refractivity contribution is 0.102. The van der Waals surface area contributed by atoms with E-state index in [4.69, 9.17) is 11.6 Å². The molecule has 0 bridgehead atoms. The maximum Gasteiger partial charge on any atom is 0.258 e. The summed E-state index contributed by atoms with van der Waals surface area (Å²) in [6.45, 7) is 3.64. The average molecular weight is 682 g/mol. The van der Waals surface area contributed by atoms with Gasteiger partial charge in [-0.1, -0.05) is 11.6 Å². The minimum Gasteiger partial charge on any atom is -0.368 e. The number of benzene rings is 2. The van der Waals surface area contributed by atoms with Gasteiger partial charge in [0.2, 0.25) is 0 Å². The Kier molecular flexibility index (Phi) is 7.48. The zero-order valence-corrected chi connectivity index (χ0v) is 24.0. The third-order valence-electron chi connectivity index (χ3n) is 7.31. The Balaban J connectivity index is 1.25. The van der Waals surface area contributed by atoms with Crippen LogP contribution in [0.25, 0.3) is 5.65 Å². The molecule has 1 N–H and O–H groups in total. The van der Waals surface area contributed by atoms with E-state index < -0.39 is 23.4 Å². The highest BCUT2D eigenvalue weighted by Crippen LogP contribution is 2.37. The summed E-state index contributed by atoms with van der Waals surface area (Å²) in [6.07, 6.45) is 4.52. The number of halogens is 5. The summed E-state index contributed by atoms with van der Waals surface area (Å²) in [5.74, 6) is -1.83. The number of anilines is 3. The topological polar surface area (TPSA) is 69.0 Å². The van der Waals surface area contributed by atoms with Gasteiger partial charge in [-0.25, -0.2) is 25.8 Å². The van der Waals surface area contributed by atoms with Crippen molar-refractivity contribution in [2.75, 3.05) is 47.8 Å². The second-order valence-corrected chi connectivity index (χ2v) is 11.5. The standard InChI is InChI=1S/C27H24ClF3IN7O/c28-19-13-18(21(31)14-24(19)36-8-10-37(32)11-9-36)27(40)34-22-15-33-39-7-5-25(35-26(22)39)38-6-1-2-23(38)17-12-16(29)3-4-20(17)30/h3-5,7,12-15,23H,1-2,6,8-11H2,(H,34,40). The number of nitrogens with zero attached hydrogens (tertiary/aromatic N) is 6. The number of amides is 1. The molecule has 0 saturated carbocycles. The minimum absolute atomic E-state index is 0.196. The minimum atomic E-state index is -0.689. The van der Waals surface area contributed by atoms with Crippen molar-refractivity contribution in [2.45, 2.75) is 18.9 Å². The first-order valence-electron chi connectivity index (χ1n) is 12.8.